The van der Waals surface area contributed by atoms with Gasteiger partial charge in [0.2, 0.25) is 0 Å². The first-order valence-corrected chi connectivity index (χ1v) is 7.31. The van der Waals surface area contributed by atoms with Crippen LogP contribution in [0.5, 0.6) is 0 Å². The molecule has 1 aromatic carbocycles. The summed E-state index contributed by atoms with van der Waals surface area (Å²) >= 11 is 0. The van der Waals surface area contributed by atoms with Crippen molar-refractivity contribution in [2.45, 2.75) is 26.6 Å². The summed E-state index contributed by atoms with van der Waals surface area (Å²) in [6.07, 6.45) is 1.26. The molecular weight excluding hydrogens is 282 g/mol. The summed E-state index contributed by atoms with van der Waals surface area (Å²) in [6.45, 7) is 3.41. The van der Waals surface area contributed by atoms with Gasteiger partial charge in [-0.2, -0.15) is 5.10 Å². The molecule has 118 valence electrons. The summed E-state index contributed by atoms with van der Waals surface area (Å²) in [5.74, 6) is 0. The van der Waals surface area contributed by atoms with Gasteiger partial charge in [0.15, 0.2) is 0 Å². The maximum Gasteiger partial charge on any atom is 0.410 e. The number of rotatable bonds is 7. The Morgan fingerprint density at radius 3 is 2.77 bits per heavy atom. The Hall–Kier alpha value is -2.34. The predicted molar refractivity (Wildman–Crippen MR) is 82.0 cm³/mol. The minimum Gasteiger partial charge on any atom is -0.445 e. The van der Waals surface area contributed by atoms with E-state index < -0.39 is 6.09 Å². The van der Waals surface area contributed by atoms with Crippen molar-refractivity contribution in [1.29, 1.82) is 0 Å². The minimum absolute atomic E-state index is 0.110. The highest BCUT2D eigenvalue weighted by Gasteiger charge is 2.17. The second-order valence-electron chi connectivity index (χ2n) is 4.82. The maximum absolute atomic E-state index is 12.2. The van der Waals surface area contributed by atoms with Crippen molar-refractivity contribution in [1.82, 2.24) is 14.7 Å². The summed E-state index contributed by atoms with van der Waals surface area (Å²) in [5.41, 5.74) is 1.84. The number of aryl methyl sites for hydroxylation is 1. The molecule has 0 saturated heterocycles. The fourth-order valence-electron chi connectivity index (χ4n) is 2.14. The number of aromatic nitrogens is 2. The molecule has 1 amide bonds. The Morgan fingerprint density at radius 2 is 2.09 bits per heavy atom. The van der Waals surface area contributed by atoms with E-state index in [0.29, 0.717) is 6.54 Å². The van der Waals surface area contributed by atoms with Crippen molar-refractivity contribution < 1.29 is 14.6 Å². The van der Waals surface area contributed by atoms with Gasteiger partial charge in [0.25, 0.3) is 0 Å². The van der Waals surface area contributed by atoms with E-state index in [4.69, 9.17) is 9.84 Å². The zero-order chi connectivity index (χ0) is 15.8. The van der Waals surface area contributed by atoms with Crippen molar-refractivity contribution in [2.24, 2.45) is 0 Å². The van der Waals surface area contributed by atoms with Gasteiger partial charge in [-0.3, -0.25) is 4.68 Å². The van der Waals surface area contributed by atoms with Crippen LogP contribution in [0.3, 0.4) is 0 Å². The standard InChI is InChI=1S/C16H21N3O3/c1-2-19-15(8-9-17-19)12-18(10-11-20)16(21)22-13-14-6-4-3-5-7-14/h3-9,20H,2,10-13H2,1H3. The van der Waals surface area contributed by atoms with Crippen LogP contribution in [0, 0.1) is 0 Å². The van der Waals surface area contributed by atoms with E-state index in [1.807, 2.05) is 48.0 Å². The SMILES string of the molecule is CCn1nccc1CN(CCO)C(=O)OCc1ccccc1. The van der Waals surface area contributed by atoms with Crippen molar-refractivity contribution in [3.05, 3.63) is 53.9 Å². The highest BCUT2D eigenvalue weighted by Crippen LogP contribution is 2.08. The second kappa shape index (κ2) is 8.19. The van der Waals surface area contributed by atoms with Crippen LogP contribution >= 0.6 is 0 Å². The molecule has 0 spiro atoms. The topological polar surface area (TPSA) is 67.6 Å². The molecular formula is C16H21N3O3. The Labute approximate surface area is 129 Å². The monoisotopic (exact) mass is 303 g/mol. The summed E-state index contributed by atoms with van der Waals surface area (Å²) in [6, 6.07) is 11.4. The minimum atomic E-state index is -0.443. The lowest BCUT2D eigenvalue weighted by Crippen LogP contribution is -2.34. The molecule has 1 aromatic heterocycles. The molecule has 0 saturated carbocycles. The normalized spacial score (nSPS) is 10.5. The zero-order valence-electron chi connectivity index (χ0n) is 12.7. The summed E-state index contributed by atoms with van der Waals surface area (Å²) < 4.78 is 7.13. The number of benzene rings is 1. The van der Waals surface area contributed by atoms with Gasteiger partial charge in [-0.15, -0.1) is 0 Å². The van der Waals surface area contributed by atoms with Crippen LogP contribution in [0.15, 0.2) is 42.6 Å². The smallest absolute Gasteiger partial charge is 0.410 e. The molecule has 1 N–H and O–H groups in total. The first-order chi connectivity index (χ1) is 10.7. The molecule has 0 bridgehead atoms. The van der Waals surface area contributed by atoms with E-state index in [1.165, 1.54) is 4.90 Å². The summed E-state index contributed by atoms with van der Waals surface area (Å²) in [5, 5.41) is 13.3. The molecule has 0 aliphatic carbocycles. The van der Waals surface area contributed by atoms with Crippen molar-refractivity contribution in [3.8, 4) is 0 Å². The lowest BCUT2D eigenvalue weighted by atomic mass is 10.2. The lowest BCUT2D eigenvalue weighted by molar-refractivity contribution is 0.0849. The van der Waals surface area contributed by atoms with Crippen LogP contribution in [0.1, 0.15) is 18.2 Å². The highest BCUT2D eigenvalue weighted by molar-refractivity contribution is 5.67. The largest absolute Gasteiger partial charge is 0.445 e. The Morgan fingerprint density at radius 1 is 1.32 bits per heavy atom. The molecule has 22 heavy (non-hydrogen) atoms. The molecule has 0 radical (unpaired) electrons. The summed E-state index contributed by atoms with van der Waals surface area (Å²) in [7, 11) is 0. The van der Waals surface area contributed by atoms with Crippen LogP contribution in [0.25, 0.3) is 0 Å². The van der Waals surface area contributed by atoms with E-state index in [1.54, 1.807) is 6.20 Å². The average Bonchev–Trinajstić information content (AvgIpc) is 3.00. The number of hydrogen-bond donors (Lipinski definition) is 1. The predicted octanol–water partition coefficient (Wildman–Crippen LogP) is 2.03. The van der Waals surface area contributed by atoms with Crippen LogP contribution in [0.2, 0.25) is 0 Å². The van der Waals surface area contributed by atoms with Crippen molar-refractivity contribution in [3.63, 3.8) is 0 Å². The molecule has 0 aliphatic rings. The highest BCUT2D eigenvalue weighted by atomic mass is 16.6. The number of carbonyl (C=O) groups excluding carboxylic acids is 1. The van der Waals surface area contributed by atoms with Gasteiger partial charge in [0.05, 0.1) is 18.8 Å². The van der Waals surface area contributed by atoms with Gasteiger partial charge in [0.1, 0.15) is 6.61 Å². The van der Waals surface area contributed by atoms with Crippen LogP contribution in [0.4, 0.5) is 4.79 Å². The second-order valence-corrected chi connectivity index (χ2v) is 4.82. The molecule has 0 aliphatic heterocycles. The Kier molecular flexibility index (Phi) is 5.97. The fraction of sp³-hybridized carbons (Fsp3) is 0.375. The van der Waals surface area contributed by atoms with E-state index in [2.05, 4.69) is 5.10 Å². The van der Waals surface area contributed by atoms with E-state index in [9.17, 15) is 4.79 Å². The van der Waals surface area contributed by atoms with Gasteiger partial charge in [-0.25, -0.2) is 4.79 Å². The maximum atomic E-state index is 12.2. The number of aliphatic hydroxyl groups is 1. The third kappa shape index (κ3) is 4.33. The van der Waals surface area contributed by atoms with Gasteiger partial charge < -0.3 is 14.7 Å². The molecule has 2 aromatic rings. The quantitative estimate of drug-likeness (QED) is 0.850. The van der Waals surface area contributed by atoms with Crippen LogP contribution < -0.4 is 0 Å². The number of nitrogens with zero attached hydrogens (tertiary/aromatic N) is 3. The third-order valence-corrected chi connectivity index (χ3v) is 3.29. The molecule has 0 atom stereocenters. The molecule has 6 heteroatoms. The Balaban J connectivity index is 1.96. The zero-order valence-corrected chi connectivity index (χ0v) is 12.7. The number of amides is 1. The molecule has 1 heterocycles. The number of hydrogen-bond acceptors (Lipinski definition) is 4. The van der Waals surface area contributed by atoms with Crippen molar-refractivity contribution >= 4 is 6.09 Å². The number of aliphatic hydroxyl groups excluding tert-OH is 1. The first kappa shape index (κ1) is 16.0. The van der Waals surface area contributed by atoms with Crippen LogP contribution in [-0.4, -0.2) is 39.0 Å². The average molecular weight is 303 g/mol. The van der Waals surface area contributed by atoms with Gasteiger partial charge in [0, 0.05) is 19.3 Å². The van der Waals surface area contributed by atoms with E-state index in [0.717, 1.165) is 17.8 Å². The van der Waals surface area contributed by atoms with E-state index in [-0.39, 0.29) is 19.8 Å². The summed E-state index contributed by atoms with van der Waals surface area (Å²) in [4.78, 5) is 13.7. The molecule has 0 unspecified atom stereocenters. The number of ether oxygens (including phenoxy) is 1. The fourth-order valence-corrected chi connectivity index (χ4v) is 2.14. The van der Waals surface area contributed by atoms with E-state index >= 15 is 0 Å². The Bertz CT molecular complexity index is 583. The molecule has 2 rings (SSSR count). The van der Waals surface area contributed by atoms with Crippen LogP contribution in [-0.2, 0) is 24.4 Å². The van der Waals surface area contributed by atoms with Gasteiger partial charge in [-0.1, -0.05) is 30.3 Å². The molecule has 6 nitrogen and oxygen atoms in total. The van der Waals surface area contributed by atoms with Gasteiger partial charge >= 0.3 is 6.09 Å². The van der Waals surface area contributed by atoms with Crippen molar-refractivity contribution in [2.75, 3.05) is 13.2 Å². The third-order valence-electron chi connectivity index (χ3n) is 3.29. The lowest BCUT2D eigenvalue weighted by Gasteiger charge is -2.21. The first-order valence-electron chi connectivity index (χ1n) is 7.31. The number of carbonyl (C=O) groups is 1. The molecule has 0 fully saturated rings. The van der Waals surface area contributed by atoms with Gasteiger partial charge in [-0.05, 0) is 18.6 Å².